The van der Waals surface area contributed by atoms with Crippen molar-refractivity contribution >= 4 is 70.5 Å². The number of nitrogens with one attached hydrogen (secondary N) is 2. The van der Waals surface area contributed by atoms with Gasteiger partial charge < -0.3 is 20.1 Å². The zero-order valence-electron chi connectivity index (χ0n) is 29.1. The van der Waals surface area contributed by atoms with Crippen LogP contribution in [0.1, 0.15) is 22.3 Å². The number of methoxy groups -OCH3 is 2. The van der Waals surface area contributed by atoms with Crippen molar-refractivity contribution in [2.75, 3.05) is 24.9 Å². The monoisotopic (exact) mass is 748 g/mol. The summed E-state index contributed by atoms with van der Waals surface area (Å²) in [6.45, 7) is 0. The van der Waals surface area contributed by atoms with Gasteiger partial charge in [-0.2, -0.15) is 0 Å². The lowest BCUT2D eigenvalue weighted by Gasteiger charge is -2.25. The maximum absolute atomic E-state index is 14.1. The molecule has 4 aliphatic heterocycles. The van der Waals surface area contributed by atoms with Gasteiger partial charge in [-0.05, 0) is 59.7 Å². The molecule has 4 heterocycles. The smallest absolute Gasteiger partial charge is 0.280 e. The molecular weight excluding hydrogens is 717 g/mol. The second-order valence-electron chi connectivity index (χ2n) is 12.6. The third-order valence-electron chi connectivity index (χ3n) is 9.27. The fourth-order valence-electron chi connectivity index (χ4n) is 6.57. The van der Waals surface area contributed by atoms with E-state index in [0.717, 1.165) is 54.9 Å². The standard InChI is InChI=1S/C42H32N6O4S2/c1-51-29-17-13-25(14-18-29)21-33-39(49)47(37(43-33)27-9-5-3-6-10-27)41-45-31-23-36-32(24-35(31)53-41)46-42(54-36)48-38(28-11-7-4-8-12-28)44-34(40(48)50)22-26-15-19-30(52-2)20-16-26/h3-24,41-42,45-46H,1-2H3/b33-21-,34-22-. The highest BCUT2D eigenvalue weighted by molar-refractivity contribution is 8.01. The Morgan fingerprint density at radius 2 is 0.963 bits per heavy atom. The number of anilines is 2. The van der Waals surface area contributed by atoms with Gasteiger partial charge in [-0.15, -0.1) is 0 Å². The molecule has 0 aliphatic carbocycles. The van der Waals surface area contributed by atoms with E-state index in [1.807, 2.05) is 109 Å². The molecule has 0 radical (unpaired) electrons. The minimum Gasteiger partial charge on any atom is -0.497 e. The van der Waals surface area contributed by atoms with Gasteiger partial charge in [0.25, 0.3) is 11.8 Å². The molecule has 0 fully saturated rings. The average Bonchev–Trinajstić information content (AvgIpc) is 3.97. The Bertz CT molecular complexity index is 2210. The SMILES string of the molecule is COc1ccc(/C=C2\N=C(c3ccccc3)N(C3Nc4cc5c(cc4S3)NC(N3C(=O)/C(=C/c4ccc(OC)cc4)N=C3c3ccccc3)S5)C2=O)cc1. The Labute approximate surface area is 320 Å². The summed E-state index contributed by atoms with van der Waals surface area (Å²) in [5.74, 6) is 2.25. The molecule has 0 saturated carbocycles. The van der Waals surface area contributed by atoms with Gasteiger partial charge in [0.1, 0.15) is 34.6 Å². The van der Waals surface area contributed by atoms with E-state index in [1.54, 1.807) is 59.7 Å². The average molecular weight is 749 g/mol. The number of rotatable bonds is 8. The zero-order chi connectivity index (χ0) is 36.8. The minimum absolute atomic E-state index is 0.193. The molecule has 10 nitrogen and oxygen atoms in total. The molecule has 0 aromatic heterocycles. The number of aliphatic imine (C=N–C) groups is 2. The summed E-state index contributed by atoms with van der Waals surface area (Å²) >= 11 is 3.10. The number of ether oxygens (including phenoxy) is 2. The topological polar surface area (TPSA) is 108 Å². The third-order valence-corrected chi connectivity index (χ3v) is 11.6. The van der Waals surface area contributed by atoms with Crippen molar-refractivity contribution < 1.29 is 19.1 Å². The number of hydrogen-bond donors (Lipinski definition) is 2. The maximum atomic E-state index is 14.1. The van der Waals surface area contributed by atoms with E-state index < -0.39 is 11.0 Å². The second-order valence-corrected chi connectivity index (χ2v) is 14.9. The molecule has 266 valence electrons. The zero-order valence-corrected chi connectivity index (χ0v) is 30.7. The van der Waals surface area contributed by atoms with Gasteiger partial charge >= 0.3 is 0 Å². The lowest BCUT2D eigenvalue weighted by atomic mass is 10.2. The molecule has 0 bridgehead atoms. The Hall–Kier alpha value is -6.24. The molecule has 2 amide bonds. The van der Waals surface area contributed by atoms with Gasteiger partial charge in [0, 0.05) is 20.9 Å². The van der Waals surface area contributed by atoms with Crippen LogP contribution in [0.25, 0.3) is 12.2 Å². The van der Waals surface area contributed by atoms with E-state index in [1.165, 1.54) is 0 Å². The first-order valence-corrected chi connectivity index (χ1v) is 18.9. The summed E-state index contributed by atoms with van der Waals surface area (Å²) in [5, 5.41) is 7.17. The first-order chi connectivity index (χ1) is 26.4. The van der Waals surface area contributed by atoms with Crippen molar-refractivity contribution in [3.8, 4) is 11.5 Å². The number of nitrogens with zero attached hydrogens (tertiary/aromatic N) is 4. The Morgan fingerprint density at radius 1 is 0.574 bits per heavy atom. The lowest BCUT2D eigenvalue weighted by Crippen LogP contribution is -2.42. The van der Waals surface area contributed by atoms with Crippen LogP contribution >= 0.6 is 23.5 Å². The number of carbonyl (C=O) groups is 2. The summed E-state index contributed by atoms with van der Waals surface area (Å²) in [7, 11) is 3.25. The largest absolute Gasteiger partial charge is 0.497 e. The first kappa shape index (κ1) is 33.6. The van der Waals surface area contributed by atoms with Gasteiger partial charge in [0.05, 0.1) is 25.6 Å². The number of amides is 2. The molecule has 0 saturated heterocycles. The molecular formula is C42H32N6O4S2. The Morgan fingerprint density at radius 3 is 1.33 bits per heavy atom. The second kappa shape index (κ2) is 14.0. The van der Waals surface area contributed by atoms with Crippen LogP contribution in [0.2, 0.25) is 0 Å². The summed E-state index contributed by atoms with van der Waals surface area (Å²) in [6, 6.07) is 38.7. The normalized spacial score (nSPS) is 20.1. The fraction of sp³-hybridized carbons (Fsp3) is 0.0952. The summed E-state index contributed by atoms with van der Waals surface area (Å²) in [4.78, 5) is 43.3. The molecule has 0 spiro atoms. The molecule has 2 unspecified atom stereocenters. The first-order valence-electron chi connectivity index (χ1n) is 17.2. The molecule has 2 N–H and O–H groups in total. The van der Waals surface area contributed by atoms with Crippen LogP contribution in [0, 0.1) is 0 Å². The van der Waals surface area contributed by atoms with Crippen LogP contribution in [-0.4, -0.2) is 58.5 Å². The van der Waals surface area contributed by atoms with Gasteiger partial charge in [0.15, 0.2) is 11.0 Å². The maximum Gasteiger partial charge on any atom is 0.280 e. The van der Waals surface area contributed by atoms with Crippen LogP contribution in [0.4, 0.5) is 11.4 Å². The molecule has 5 aromatic rings. The highest BCUT2D eigenvalue weighted by Crippen LogP contribution is 2.50. The van der Waals surface area contributed by atoms with Crippen molar-refractivity contribution in [1.29, 1.82) is 0 Å². The quantitative estimate of drug-likeness (QED) is 0.154. The third kappa shape index (κ3) is 6.18. The number of benzene rings is 5. The highest BCUT2D eigenvalue weighted by atomic mass is 32.2. The van der Waals surface area contributed by atoms with Crippen molar-refractivity contribution in [3.63, 3.8) is 0 Å². The van der Waals surface area contributed by atoms with Crippen LogP contribution in [-0.2, 0) is 9.59 Å². The van der Waals surface area contributed by atoms with Gasteiger partial charge in [-0.1, -0.05) is 108 Å². The van der Waals surface area contributed by atoms with E-state index in [2.05, 4.69) is 22.8 Å². The van der Waals surface area contributed by atoms with Crippen LogP contribution in [0.3, 0.4) is 0 Å². The van der Waals surface area contributed by atoms with E-state index >= 15 is 0 Å². The number of thioether (sulfide) groups is 2. The van der Waals surface area contributed by atoms with Crippen LogP contribution in [0.15, 0.2) is 152 Å². The summed E-state index contributed by atoms with van der Waals surface area (Å²) < 4.78 is 10.6. The molecule has 4 aliphatic rings. The van der Waals surface area contributed by atoms with E-state index in [9.17, 15) is 9.59 Å². The van der Waals surface area contributed by atoms with Crippen molar-refractivity contribution in [1.82, 2.24) is 9.80 Å². The van der Waals surface area contributed by atoms with Gasteiger partial charge in [-0.3, -0.25) is 19.4 Å². The van der Waals surface area contributed by atoms with Crippen molar-refractivity contribution in [2.45, 2.75) is 20.8 Å². The number of fused-ring (bicyclic) bond motifs is 2. The van der Waals surface area contributed by atoms with E-state index in [4.69, 9.17) is 19.5 Å². The number of hydrogen-bond acceptors (Lipinski definition) is 10. The van der Waals surface area contributed by atoms with Gasteiger partial charge in [-0.25, -0.2) is 9.98 Å². The predicted octanol–water partition coefficient (Wildman–Crippen LogP) is 7.97. The lowest BCUT2D eigenvalue weighted by molar-refractivity contribution is -0.123. The minimum atomic E-state index is -0.431. The highest BCUT2D eigenvalue weighted by Gasteiger charge is 2.43. The molecule has 2 atom stereocenters. The summed E-state index contributed by atoms with van der Waals surface area (Å²) in [6.07, 6.45) is 3.61. The predicted molar refractivity (Wildman–Crippen MR) is 215 cm³/mol. The molecule has 9 rings (SSSR count). The summed E-state index contributed by atoms with van der Waals surface area (Å²) in [5.41, 5.74) is 5.03. The van der Waals surface area contributed by atoms with Crippen molar-refractivity contribution in [3.05, 3.63) is 155 Å². The van der Waals surface area contributed by atoms with Crippen molar-refractivity contribution in [2.24, 2.45) is 9.98 Å². The van der Waals surface area contributed by atoms with Gasteiger partial charge in [0.2, 0.25) is 0 Å². The number of carbonyl (C=O) groups excluding carboxylic acids is 2. The Balaban J connectivity index is 0.974. The Kier molecular flexibility index (Phi) is 8.68. The van der Waals surface area contributed by atoms with Crippen LogP contribution < -0.4 is 20.1 Å². The fourth-order valence-corrected chi connectivity index (χ4v) is 8.89. The van der Waals surface area contributed by atoms with E-state index in [0.29, 0.717) is 23.1 Å². The van der Waals surface area contributed by atoms with Crippen LogP contribution in [0.5, 0.6) is 11.5 Å². The molecule has 5 aromatic carbocycles. The number of amidine groups is 2. The van der Waals surface area contributed by atoms with E-state index in [-0.39, 0.29) is 11.8 Å². The molecule has 12 heteroatoms. The molecule has 54 heavy (non-hydrogen) atoms.